The number of ether oxygens (including phenoxy) is 1. The van der Waals surface area contributed by atoms with Gasteiger partial charge in [-0.1, -0.05) is 0 Å². The summed E-state index contributed by atoms with van der Waals surface area (Å²) >= 11 is 2.82. The Morgan fingerprint density at radius 3 is 2.44 bits per heavy atom. The molecule has 142 valence electrons. The summed E-state index contributed by atoms with van der Waals surface area (Å²) in [6.45, 7) is 5.85. The molecule has 7 heteroatoms. The van der Waals surface area contributed by atoms with E-state index in [4.69, 9.17) is 4.74 Å². The standard InChI is InChI=1S/C20H22BrN3O3/c1-15-12-17(6-7-22-15)24-10-8-23(9-11-24)13-19(25)16-2-4-18(5-3-16)27-14-20(21)26/h2-7,12H,8-11,13-14H2,1H3. The van der Waals surface area contributed by atoms with Crippen LogP contribution < -0.4 is 9.64 Å². The van der Waals surface area contributed by atoms with E-state index in [1.807, 2.05) is 19.2 Å². The lowest BCUT2D eigenvalue weighted by Crippen LogP contribution is -2.48. The summed E-state index contributed by atoms with van der Waals surface area (Å²) in [4.78, 5) is 32.1. The number of hydrogen-bond donors (Lipinski definition) is 0. The second-order valence-corrected chi connectivity index (χ2v) is 7.39. The van der Waals surface area contributed by atoms with Gasteiger partial charge in [0.05, 0.1) is 6.54 Å². The fourth-order valence-corrected chi connectivity index (χ4v) is 3.18. The number of carbonyl (C=O) groups is 2. The van der Waals surface area contributed by atoms with Crippen molar-refractivity contribution in [1.29, 1.82) is 0 Å². The lowest BCUT2D eigenvalue weighted by Gasteiger charge is -2.35. The van der Waals surface area contributed by atoms with E-state index in [2.05, 4.69) is 36.8 Å². The number of anilines is 1. The molecule has 0 radical (unpaired) electrons. The van der Waals surface area contributed by atoms with Gasteiger partial charge in [0.1, 0.15) is 5.75 Å². The van der Waals surface area contributed by atoms with E-state index in [0.717, 1.165) is 31.9 Å². The lowest BCUT2D eigenvalue weighted by atomic mass is 10.1. The molecule has 1 aliphatic rings. The Labute approximate surface area is 167 Å². The summed E-state index contributed by atoms with van der Waals surface area (Å²) in [6, 6.07) is 11.0. The predicted molar refractivity (Wildman–Crippen MR) is 108 cm³/mol. The van der Waals surface area contributed by atoms with Crippen LogP contribution in [0.4, 0.5) is 5.69 Å². The molecule has 1 aromatic carbocycles. The number of Topliss-reactive ketones (excluding diaryl/α,β-unsaturated/α-hetero) is 1. The number of aryl methyl sites for hydroxylation is 1. The summed E-state index contributed by atoms with van der Waals surface area (Å²) < 4.78 is 5.07. The molecule has 0 saturated carbocycles. The van der Waals surface area contributed by atoms with Crippen molar-refractivity contribution in [3.63, 3.8) is 0 Å². The number of benzene rings is 1. The van der Waals surface area contributed by atoms with Crippen LogP contribution in [0.3, 0.4) is 0 Å². The molecule has 0 aliphatic carbocycles. The minimum absolute atomic E-state index is 0.0332. The van der Waals surface area contributed by atoms with Crippen LogP contribution in [0.5, 0.6) is 5.75 Å². The van der Waals surface area contributed by atoms with E-state index in [9.17, 15) is 9.59 Å². The molecule has 3 rings (SSSR count). The Kier molecular flexibility index (Phi) is 6.58. The number of hydrogen-bond acceptors (Lipinski definition) is 6. The first kappa shape index (κ1) is 19.5. The van der Waals surface area contributed by atoms with E-state index >= 15 is 0 Å². The van der Waals surface area contributed by atoms with Gasteiger partial charge in [0.15, 0.2) is 12.4 Å². The van der Waals surface area contributed by atoms with Crippen molar-refractivity contribution in [2.75, 3.05) is 44.2 Å². The highest BCUT2D eigenvalue weighted by Crippen LogP contribution is 2.17. The normalized spacial score (nSPS) is 14.8. The van der Waals surface area contributed by atoms with Gasteiger partial charge < -0.3 is 9.64 Å². The number of nitrogens with zero attached hydrogens (tertiary/aromatic N) is 3. The highest BCUT2D eigenvalue weighted by molar-refractivity contribution is 9.18. The average molecular weight is 432 g/mol. The summed E-state index contributed by atoms with van der Waals surface area (Å²) in [5.41, 5.74) is 2.85. The van der Waals surface area contributed by atoms with E-state index in [1.165, 1.54) is 5.69 Å². The van der Waals surface area contributed by atoms with Crippen molar-refractivity contribution in [2.45, 2.75) is 6.92 Å². The molecule has 1 fully saturated rings. The minimum Gasteiger partial charge on any atom is -0.485 e. The summed E-state index contributed by atoms with van der Waals surface area (Å²) in [7, 11) is 0. The van der Waals surface area contributed by atoms with Gasteiger partial charge in [-0.3, -0.25) is 19.5 Å². The fourth-order valence-electron chi connectivity index (χ4n) is 3.06. The van der Waals surface area contributed by atoms with Crippen LogP contribution >= 0.6 is 15.9 Å². The molecule has 0 atom stereocenters. The number of piperazine rings is 1. The van der Waals surface area contributed by atoms with Crippen molar-refractivity contribution in [3.05, 3.63) is 53.9 Å². The summed E-state index contributed by atoms with van der Waals surface area (Å²) in [5, 5.41) is 0. The van der Waals surface area contributed by atoms with Crippen molar-refractivity contribution in [1.82, 2.24) is 9.88 Å². The van der Waals surface area contributed by atoms with Gasteiger partial charge in [0, 0.05) is 49.3 Å². The third-order valence-corrected chi connectivity index (χ3v) is 4.74. The SMILES string of the molecule is Cc1cc(N2CCN(CC(=O)c3ccc(OCC(=O)Br)cc3)CC2)ccn1. The summed E-state index contributed by atoms with van der Waals surface area (Å²) in [5.74, 6) is 0.659. The monoisotopic (exact) mass is 431 g/mol. The summed E-state index contributed by atoms with van der Waals surface area (Å²) in [6.07, 6.45) is 1.84. The van der Waals surface area contributed by atoms with Crippen molar-refractivity contribution in [3.8, 4) is 5.75 Å². The topological polar surface area (TPSA) is 62.7 Å². The number of pyridine rings is 1. The van der Waals surface area contributed by atoms with E-state index < -0.39 is 0 Å². The Balaban J connectivity index is 1.50. The van der Waals surface area contributed by atoms with Crippen LogP contribution in [0.1, 0.15) is 16.1 Å². The lowest BCUT2D eigenvalue weighted by molar-refractivity contribution is -0.112. The van der Waals surface area contributed by atoms with Crippen LogP contribution in [0.2, 0.25) is 0 Å². The largest absolute Gasteiger partial charge is 0.485 e. The van der Waals surface area contributed by atoms with Crippen molar-refractivity contribution >= 4 is 32.1 Å². The Morgan fingerprint density at radius 2 is 1.81 bits per heavy atom. The highest BCUT2D eigenvalue weighted by Gasteiger charge is 2.20. The van der Waals surface area contributed by atoms with Crippen LogP contribution in [0.15, 0.2) is 42.6 Å². The highest BCUT2D eigenvalue weighted by atomic mass is 79.9. The van der Waals surface area contributed by atoms with Crippen LogP contribution in [0.25, 0.3) is 0 Å². The molecule has 27 heavy (non-hydrogen) atoms. The first-order valence-corrected chi connectivity index (χ1v) is 9.65. The average Bonchev–Trinajstić information content (AvgIpc) is 2.67. The number of rotatable bonds is 7. The van der Waals surface area contributed by atoms with E-state index in [1.54, 1.807) is 24.3 Å². The number of carbonyl (C=O) groups excluding carboxylic acids is 2. The number of halogens is 1. The van der Waals surface area contributed by atoms with Gasteiger partial charge in [-0.25, -0.2) is 0 Å². The van der Waals surface area contributed by atoms with Crippen molar-refractivity contribution < 1.29 is 14.3 Å². The molecule has 1 saturated heterocycles. The molecule has 2 heterocycles. The molecule has 1 aliphatic heterocycles. The molecule has 0 spiro atoms. The maximum absolute atomic E-state index is 12.5. The molecule has 2 aromatic rings. The molecule has 6 nitrogen and oxygen atoms in total. The van der Waals surface area contributed by atoms with Crippen LogP contribution in [0, 0.1) is 6.92 Å². The zero-order valence-electron chi connectivity index (χ0n) is 15.2. The van der Waals surface area contributed by atoms with Crippen LogP contribution in [-0.2, 0) is 4.79 Å². The predicted octanol–water partition coefficient (Wildman–Crippen LogP) is 2.70. The maximum atomic E-state index is 12.5. The fraction of sp³-hybridized carbons (Fsp3) is 0.350. The zero-order valence-corrected chi connectivity index (χ0v) is 16.8. The number of ketones is 1. The van der Waals surface area contributed by atoms with Gasteiger partial charge in [-0.15, -0.1) is 0 Å². The van der Waals surface area contributed by atoms with E-state index in [-0.39, 0.29) is 17.1 Å². The molecule has 0 N–H and O–H groups in total. The Bertz CT molecular complexity index is 802. The molecule has 0 bridgehead atoms. The third-order valence-electron chi connectivity index (χ3n) is 4.51. The second-order valence-electron chi connectivity index (χ2n) is 6.51. The maximum Gasteiger partial charge on any atom is 0.235 e. The van der Waals surface area contributed by atoms with Gasteiger partial charge in [-0.05, 0) is 59.3 Å². The number of aromatic nitrogens is 1. The van der Waals surface area contributed by atoms with Crippen molar-refractivity contribution in [2.24, 2.45) is 0 Å². The van der Waals surface area contributed by atoms with Crippen LogP contribution in [-0.4, -0.2) is 59.7 Å². The van der Waals surface area contributed by atoms with Gasteiger partial charge in [0.25, 0.3) is 0 Å². The van der Waals surface area contributed by atoms with Gasteiger partial charge in [-0.2, -0.15) is 0 Å². The molecule has 0 amide bonds. The minimum atomic E-state index is -0.219. The molecule has 0 unspecified atom stereocenters. The Morgan fingerprint density at radius 1 is 1.11 bits per heavy atom. The van der Waals surface area contributed by atoms with Gasteiger partial charge in [0.2, 0.25) is 4.69 Å². The molecular formula is C20H22BrN3O3. The first-order valence-electron chi connectivity index (χ1n) is 8.85. The molecular weight excluding hydrogens is 410 g/mol. The smallest absolute Gasteiger partial charge is 0.235 e. The third kappa shape index (κ3) is 5.61. The molecule has 1 aromatic heterocycles. The van der Waals surface area contributed by atoms with Gasteiger partial charge >= 0.3 is 0 Å². The second kappa shape index (κ2) is 9.10. The Hall–Kier alpha value is -2.25. The first-order chi connectivity index (χ1) is 13.0. The zero-order chi connectivity index (χ0) is 19.2. The van der Waals surface area contributed by atoms with E-state index in [0.29, 0.717) is 17.9 Å². The quantitative estimate of drug-likeness (QED) is 0.495.